The molecule has 11 heteroatoms. The zero-order valence-electron chi connectivity index (χ0n) is 24.4. The number of carbonyl (C=O) groups is 3. The number of urea groups is 1. The fourth-order valence-corrected chi connectivity index (χ4v) is 4.38. The largest absolute Gasteiger partial charge is 0.493 e. The van der Waals surface area contributed by atoms with Crippen LogP contribution in [0, 0.1) is 6.92 Å². The van der Waals surface area contributed by atoms with Gasteiger partial charge in [-0.3, -0.25) is 4.79 Å². The molecule has 0 spiro atoms. The van der Waals surface area contributed by atoms with Crippen molar-refractivity contribution in [2.75, 3.05) is 20.3 Å². The zero-order chi connectivity index (χ0) is 30.8. The van der Waals surface area contributed by atoms with Crippen LogP contribution in [0.4, 0.5) is 4.79 Å². The molecule has 0 saturated carbocycles. The third-order valence-corrected chi connectivity index (χ3v) is 6.42. The van der Waals surface area contributed by atoms with Crippen LogP contribution < -0.4 is 30.3 Å². The second-order valence-electron chi connectivity index (χ2n) is 9.63. The Balaban J connectivity index is 1.31. The molecule has 224 valence electrons. The molecule has 0 saturated heterocycles. The Kier molecular flexibility index (Phi) is 10.4. The van der Waals surface area contributed by atoms with E-state index in [1.54, 1.807) is 32.0 Å². The molecule has 3 N–H and O–H groups in total. The summed E-state index contributed by atoms with van der Waals surface area (Å²) in [5, 5.41) is 9.32. The Hall–Kier alpha value is -5.32. The zero-order valence-corrected chi connectivity index (χ0v) is 24.4. The summed E-state index contributed by atoms with van der Waals surface area (Å²) < 4.78 is 22.1. The Morgan fingerprint density at radius 2 is 1.79 bits per heavy atom. The first-order valence-corrected chi connectivity index (χ1v) is 13.6. The van der Waals surface area contributed by atoms with Crippen LogP contribution in [0.3, 0.4) is 0 Å². The molecular weight excluding hydrogens is 552 g/mol. The number of amides is 3. The third-order valence-electron chi connectivity index (χ3n) is 6.42. The van der Waals surface area contributed by atoms with Gasteiger partial charge in [0.2, 0.25) is 0 Å². The second kappa shape index (κ2) is 14.5. The second-order valence-corrected chi connectivity index (χ2v) is 9.63. The normalized spacial score (nSPS) is 14.5. The highest BCUT2D eigenvalue weighted by Crippen LogP contribution is 2.34. The van der Waals surface area contributed by atoms with Gasteiger partial charge in [-0.1, -0.05) is 35.9 Å². The first-order valence-electron chi connectivity index (χ1n) is 13.6. The van der Waals surface area contributed by atoms with E-state index in [9.17, 15) is 14.4 Å². The van der Waals surface area contributed by atoms with Crippen molar-refractivity contribution >= 4 is 24.1 Å². The van der Waals surface area contributed by atoms with E-state index in [0.29, 0.717) is 29.4 Å². The van der Waals surface area contributed by atoms with Gasteiger partial charge in [0.1, 0.15) is 12.4 Å². The number of ether oxygens (including phenoxy) is 4. The molecule has 1 aliphatic heterocycles. The van der Waals surface area contributed by atoms with Crippen molar-refractivity contribution in [3.63, 3.8) is 0 Å². The molecule has 0 fully saturated rings. The van der Waals surface area contributed by atoms with Crippen LogP contribution in [0.1, 0.15) is 42.1 Å². The van der Waals surface area contributed by atoms with Gasteiger partial charge in [-0.05, 0) is 73.9 Å². The van der Waals surface area contributed by atoms with E-state index in [2.05, 4.69) is 27.2 Å². The molecule has 0 aliphatic carbocycles. The number of allylic oxidation sites excluding steroid dienone is 1. The number of hydrogen-bond donors (Lipinski definition) is 3. The van der Waals surface area contributed by atoms with Gasteiger partial charge in [-0.2, -0.15) is 5.10 Å². The van der Waals surface area contributed by atoms with Crippen molar-refractivity contribution in [3.05, 3.63) is 100 Å². The van der Waals surface area contributed by atoms with E-state index in [1.807, 2.05) is 49.4 Å². The molecule has 11 nitrogen and oxygen atoms in total. The Labute approximate surface area is 249 Å². The molecule has 3 aromatic rings. The maximum absolute atomic E-state index is 12.6. The van der Waals surface area contributed by atoms with Gasteiger partial charge in [0, 0.05) is 5.70 Å². The number of esters is 1. The van der Waals surface area contributed by atoms with Gasteiger partial charge in [0.05, 0.1) is 31.5 Å². The maximum Gasteiger partial charge on any atom is 0.338 e. The molecule has 1 aliphatic rings. The third kappa shape index (κ3) is 8.35. The Morgan fingerprint density at radius 1 is 1.00 bits per heavy atom. The number of hydrazone groups is 1. The summed E-state index contributed by atoms with van der Waals surface area (Å²) >= 11 is 0. The number of nitrogens with one attached hydrogen (secondary N) is 3. The molecule has 43 heavy (non-hydrogen) atoms. The van der Waals surface area contributed by atoms with Gasteiger partial charge in [-0.25, -0.2) is 15.0 Å². The highest BCUT2D eigenvalue weighted by atomic mass is 16.5. The lowest BCUT2D eigenvalue weighted by molar-refractivity contribution is -0.139. The molecule has 1 atom stereocenters. The molecule has 3 amide bonds. The molecule has 0 aromatic heterocycles. The summed E-state index contributed by atoms with van der Waals surface area (Å²) in [7, 11) is 1.45. The first kappa shape index (κ1) is 30.6. The van der Waals surface area contributed by atoms with Crippen molar-refractivity contribution in [3.8, 4) is 17.2 Å². The summed E-state index contributed by atoms with van der Waals surface area (Å²) in [6.45, 7) is 5.71. The molecule has 0 unspecified atom stereocenters. The predicted octanol–water partition coefficient (Wildman–Crippen LogP) is 4.30. The molecule has 3 aromatic carbocycles. The summed E-state index contributed by atoms with van der Waals surface area (Å²) in [5.41, 5.74) is 6.72. The van der Waals surface area contributed by atoms with E-state index < -0.39 is 23.9 Å². The van der Waals surface area contributed by atoms with Crippen molar-refractivity contribution in [2.45, 2.75) is 33.4 Å². The van der Waals surface area contributed by atoms with Gasteiger partial charge >= 0.3 is 12.0 Å². The number of nitrogens with zero attached hydrogens (tertiary/aromatic N) is 1. The minimum atomic E-state index is -0.762. The molecule has 1 heterocycles. The van der Waals surface area contributed by atoms with E-state index in [-0.39, 0.29) is 18.8 Å². The number of carbonyl (C=O) groups excluding carboxylic acids is 3. The van der Waals surface area contributed by atoms with Crippen LogP contribution in [0.2, 0.25) is 0 Å². The van der Waals surface area contributed by atoms with Gasteiger partial charge in [-0.15, -0.1) is 0 Å². The van der Waals surface area contributed by atoms with E-state index >= 15 is 0 Å². The predicted molar refractivity (Wildman–Crippen MR) is 160 cm³/mol. The minimum Gasteiger partial charge on any atom is -0.493 e. The number of rotatable bonds is 12. The summed E-state index contributed by atoms with van der Waals surface area (Å²) in [4.78, 5) is 37.1. The van der Waals surface area contributed by atoms with Crippen LogP contribution in [0.15, 0.2) is 83.1 Å². The van der Waals surface area contributed by atoms with Crippen molar-refractivity contribution in [1.82, 2.24) is 16.1 Å². The SMILES string of the molecule is CCOC(=O)C1=C(C)NC(=O)N[C@H]1c1ccc(OCC(=O)N/N=C\c2ccc(OCc3cccc(C)c3)cc2)c(OC)c1. The molecular formula is C32H34N4O7. The lowest BCUT2D eigenvalue weighted by atomic mass is 9.95. The summed E-state index contributed by atoms with van der Waals surface area (Å²) in [6, 6.07) is 19.2. The van der Waals surface area contributed by atoms with Gasteiger partial charge in [0.15, 0.2) is 18.1 Å². The van der Waals surface area contributed by atoms with E-state index in [0.717, 1.165) is 16.9 Å². The van der Waals surface area contributed by atoms with Crippen LogP contribution in [0.5, 0.6) is 17.2 Å². The van der Waals surface area contributed by atoms with Gasteiger partial charge in [0.25, 0.3) is 5.91 Å². The Bertz CT molecular complexity index is 1530. The average molecular weight is 587 g/mol. The van der Waals surface area contributed by atoms with Crippen LogP contribution in [-0.2, 0) is 20.9 Å². The van der Waals surface area contributed by atoms with E-state index in [1.165, 1.54) is 18.9 Å². The average Bonchev–Trinajstić information content (AvgIpc) is 2.99. The topological polar surface area (TPSA) is 137 Å². The van der Waals surface area contributed by atoms with Crippen molar-refractivity contribution in [1.29, 1.82) is 0 Å². The fraction of sp³-hybridized carbons (Fsp3) is 0.250. The lowest BCUT2D eigenvalue weighted by Crippen LogP contribution is -2.45. The number of hydrogen-bond acceptors (Lipinski definition) is 8. The van der Waals surface area contributed by atoms with Crippen LogP contribution in [0.25, 0.3) is 0 Å². The highest BCUT2D eigenvalue weighted by Gasteiger charge is 2.32. The molecule has 4 rings (SSSR count). The monoisotopic (exact) mass is 586 g/mol. The smallest absolute Gasteiger partial charge is 0.338 e. The standard InChI is InChI=1S/C32H34N4O7/c1-5-41-31(38)29-21(3)34-32(39)35-30(29)24-11-14-26(27(16-24)40-4)43-19-28(37)36-33-17-22-9-12-25(13-10-22)42-18-23-8-6-7-20(2)15-23/h6-17,30H,5,18-19H2,1-4H3,(H,36,37)(H2,34,35,39)/b33-17-/t30-/m0/s1. The summed E-state index contributed by atoms with van der Waals surface area (Å²) in [6.07, 6.45) is 1.52. The van der Waals surface area contributed by atoms with Crippen LogP contribution >= 0.6 is 0 Å². The van der Waals surface area contributed by atoms with Gasteiger partial charge < -0.3 is 29.6 Å². The first-order chi connectivity index (χ1) is 20.8. The highest BCUT2D eigenvalue weighted by molar-refractivity contribution is 5.95. The fourth-order valence-electron chi connectivity index (χ4n) is 4.38. The lowest BCUT2D eigenvalue weighted by Gasteiger charge is -2.28. The quantitative estimate of drug-likeness (QED) is 0.164. The summed E-state index contributed by atoms with van der Waals surface area (Å²) in [5.74, 6) is 0.310. The van der Waals surface area contributed by atoms with E-state index in [4.69, 9.17) is 18.9 Å². The van der Waals surface area contributed by atoms with Crippen molar-refractivity contribution in [2.24, 2.45) is 5.10 Å². The Morgan fingerprint density at radius 3 is 2.51 bits per heavy atom. The maximum atomic E-state index is 12.6. The molecule has 0 radical (unpaired) electrons. The number of aryl methyl sites for hydroxylation is 1. The van der Waals surface area contributed by atoms with Crippen molar-refractivity contribution < 1.29 is 33.3 Å². The van der Waals surface area contributed by atoms with Crippen LogP contribution in [-0.4, -0.2) is 44.4 Å². The molecule has 0 bridgehead atoms. The minimum absolute atomic E-state index is 0.189. The number of benzene rings is 3. The number of methoxy groups -OCH3 is 1.